The second kappa shape index (κ2) is 5.97. The Balaban J connectivity index is 4.37. The van der Waals surface area contributed by atoms with Gasteiger partial charge in [-0.2, -0.15) is 0 Å². The summed E-state index contributed by atoms with van der Waals surface area (Å²) >= 11 is 0. The van der Waals surface area contributed by atoms with Gasteiger partial charge in [0.15, 0.2) is 19.7 Å². The van der Waals surface area contributed by atoms with Crippen molar-refractivity contribution in [3.8, 4) is 0 Å². The van der Waals surface area contributed by atoms with E-state index in [1.165, 1.54) is 0 Å². The molecule has 0 unspecified atom stereocenters. The van der Waals surface area contributed by atoms with Crippen LogP contribution in [0.1, 0.15) is 62.3 Å². The highest BCUT2D eigenvalue weighted by Crippen LogP contribution is 2.11. The minimum atomic E-state index is -0.369. The van der Waals surface area contributed by atoms with Gasteiger partial charge in [0.25, 0.3) is 0 Å². The molecule has 2 N–H and O–H groups in total. The number of hydrogen-bond acceptors (Lipinski definition) is 3. The molecule has 0 saturated heterocycles. The molecule has 0 aliphatic rings. The topological polar surface area (TPSA) is 27.3 Å². The molecule has 3 nitrogen and oxygen atoms in total. The first kappa shape index (κ1) is 17.3. The highest BCUT2D eigenvalue weighted by Gasteiger charge is 2.24. The van der Waals surface area contributed by atoms with E-state index in [1.54, 1.807) is 0 Å². The molecule has 0 spiro atoms. The van der Waals surface area contributed by atoms with E-state index in [2.05, 4.69) is 76.5 Å². The van der Waals surface area contributed by atoms with Crippen LogP contribution in [0, 0.1) is 0 Å². The van der Waals surface area contributed by atoms with Gasteiger partial charge in [-0.15, -0.1) is 0 Å². The van der Waals surface area contributed by atoms with Crippen LogP contribution in [-0.2, 0) is 0 Å². The van der Waals surface area contributed by atoms with Gasteiger partial charge in [0.1, 0.15) is 0 Å². The fraction of sp³-hybridized carbons (Fsp3) is 1.00. The Morgan fingerprint density at radius 3 is 1.12 bits per heavy atom. The molecule has 0 bridgehead atoms. The van der Waals surface area contributed by atoms with Crippen molar-refractivity contribution in [3.05, 3.63) is 0 Å². The van der Waals surface area contributed by atoms with Crippen molar-refractivity contribution in [3.63, 3.8) is 0 Å². The van der Waals surface area contributed by atoms with E-state index in [4.69, 9.17) is 0 Å². The van der Waals surface area contributed by atoms with Crippen molar-refractivity contribution in [2.45, 2.75) is 78.9 Å². The summed E-state index contributed by atoms with van der Waals surface area (Å²) in [6.07, 6.45) is 0. The summed E-state index contributed by atoms with van der Waals surface area (Å²) in [7, 11) is -0.739. The van der Waals surface area contributed by atoms with Gasteiger partial charge in [0.2, 0.25) is 0 Å². The van der Waals surface area contributed by atoms with Gasteiger partial charge in [-0.25, -0.2) is 0 Å². The van der Waals surface area contributed by atoms with E-state index in [0.29, 0.717) is 0 Å². The predicted octanol–water partition coefficient (Wildman–Crippen LogP) is 0.861. The Hall–Kier alpha value is 0.314. The average molecular weight is 276 g/mol. The lowest BCUT2D eigenvalue weighted by molar-refractivity contribution is 0.351. The predicted molar refractivity (Wildman–Crippen MR) is 84.5 cm³/mol. The van der Waals surface area contributed by atoms with Gasteiger partial charge in [0.05, 0.1) is 0 Å². The fourth-order valence-corrected chi connectivity index (χ4v) is 4.59. The lowest BCUT2D eigenvalue weighted by atomic mass is 10.1. The molecule has 0 saturated carbocycles. The molecule has 0 aromatic rings. The molecule has 0 radical (unpaired) electrons. The van der Waals surface area contributed by atoms with Crippen LogP contribution in [0.5, 0.6) is 0 Å². The van der Waals surface area contributed by atoms with Crippen LogP contribution in [-0.4, -0.2) is 40.5 Å². The quantitative estimate of drug-likeness (QED) is 0.745. The van der Waals surface area contributed by atoms with Crippen molar-refractivity contribution in [2.24, 2.45) is 0 Å². The maximum Gasteiger partial charge on any atom is 0.165 e. The van der Waals surface area contributed by atoms with Gasteiger partial charge in [-0.3, -0.25) is 0 Å². The third-order valence-electron chi connectivity index (χ3n) is 2.55. The Bertz CT molecular complexity index is 205. The van der Waals surface area contributed by atoms with E-state index in [1.807, 2.05) is 0 Å². The SMILES string of the molecule is CC(C)(C)N[SiH2]N([SiH2]NC(C)(C)C)C(C)(C)C. The van der Waals surface area contributed by atoms with Crippen LogP contribution in [0.3, 0.4) is 0 Å². The normalized spacial score (nSPS) is 15.9. The van der Waals surface area contributed by atoms with Crippen LogP contribution in [0.2, 0.25) is 0 Å². The average Bonchev–Trinajstić information content (AvgIpc) is 1.96. The summed E-state index contributed by atoms with van der Waals surface area (Å²) in [4.78, 5) is 7.45. The number of rotatable bonds is 4. The zero-order valence-corrected chi connectivity index (χ0v) is 16.2. The van der Waals surface area contributed by atoms with E-state index in [-0.39, 0.29) is 36.3 Å². The van der Waals surface area contributed by atoms with Gasteiger partial charge in [-0.1, -0.05) is 0 Å². The Morgan fingerprint density at radius 2 is 0.941 bits per heavy atom. The van der Waals surface area contributed by atoms with Gasteiger partial charge >= 0.3 is 0 Å². The van der Waals surface area contributed by atoms with Crippen LogP contribution in [0.15, 0.2) is 0 Å². The van der Waals surface area contributed by atoms with E-state index >= 15 is 0 Å². The molecular formula is C12H33N3Si2. The summed E-state index contributed by atoms with van der Waals surface area (Å²) in [5.41, 5.74) is 0.770. The minimum Gasteiger partial charge on any atom is -0.327 e. The molecule has 0 aliphatic heterocycles. The van der Waals surface area contributed by atoms with E-state index in [0.717, 1.165) is 0 Å². The largest absolute Gasteiger partial charge is 0.327 e. The first-order chi connectivity index (χ1) is 7.31. The number of nitrogens with one attached hydrogen (secondary N) is 2. The molecule has 104 valence electrons. The molecule has 0 fully saturated rings. The molecule has 0 atom stereocenters. The van der Waals surface area contributed by atoms with Crippen molar-refractivity contribution < 1.29 is 0 Å². The molecular weight excluding hydrogens is 242 g/mol. The van der Waals surface area contributed by atoms with Crippen molar-refractivity contribution >= 4 is 19.7 Å². The van der Waals surface area contributed by atoms with Crippen molar-refractivity contribution in [1.29, 1.82) is 0 Å². The van der Waals surface area contributed by atoms with Crippen LogP contribution in [0.4, 0.5) is 0 Å². The molecule has 0 aromatic heterocycles. The van der Waals surface area contributed by atoms with E-state index in [9.17, 15) is 0 Å². The first-order valence-electron chi connectivity index (χ1n) is 6.56. The molecule has 0 rings (SSSR count). The molecule has 0 aliphatic carbocycles. The molecule has 17 heavy (non-hydrogen) atoms. The third-order valence-corrected chi connectivity index (χ3v) is 8.99. The zero-order chi connectivity index (χ0) is 13.9. The molecule has 0 amide bonds. The standard InChI is InChI=1S/C12H33N3Si2/c1-10(2,3)13-16-15(12(7,8)9)17-14-11(4,5)6/h13-14H,16-17H2,1-9H3. The first-order valence-corrected chi connectivity index (χ1v) is 9.24. The van der Waals surface area contributed by atoms with Crippen LogP contribution in [0.25, 0.3) is 0 Å². The molecule has 0 aromatic carbocycles. The Morgan fingerprint density at radius 1 is 0.647 bits per heavy atom. The summed E-state index contributed by atoms with van der Waals surface area (Å²) in [5, 5.41) is 0. The van der Waals surface area contributed by atoms with Crippen LogP contribution < -0.4 is 9.96 Å². The van der Waals surface area contributed by atoms with E-state index < -0.39 is 0 Å². The third kappa shape index (κ3) is 9.97. The summed E-state index contributed by atoms with van der Waals surface area (Å²) in [6, 6.07) is 0. The lowest BCUT2D eigenvalue weighted by Crippen LogP contribution is -2.60. The molecule has 0 heterocycles. The number of nitrogens with zero attached hydrogens (tertiary/aromatic N) is 1. The second-order valence-electron chi connectivity index (χ2n) is 7.88. The lowest BCUT2D eigenvalue weighted by Gasteiger charge is -2.39. The maximum atomic E-state index is 3.72. The zero-order valence-electron chi connectivity index (χ0n) is 13.4. The number of hydrogen-bond donors (Lipinski definition) is 2. The van der Waals surface area contributed by atoms with Gasteiger partial charge < -0.3 is 14.2 Å². The van der Waals surface area contributed by atoms with Crippen LogP contribution >= 0.6 is 0 Å². The van der Waals surface area contributed by atoms with Gasteiger partial charge in [0, 0.05) is 16.6 Å². The Kier molecular flexibility index (Phi) is 6.08. The fourth-order valence-electron chi connectivity index (χ4n) is 1.20. The minimum absolute atomic E-state index is 0.242. The van der Waals surface area contributed by atoms with Gasteiger partial charge in [-0.05, 0) is 62.3 Å². The summed E-state index contributed by atoms with van der Waals surface area (Å²) < 4.78 is 2.70. The van der Waals surface area contributed by atoms with Crippen molar-refractivity contribution in [1.82, 2.24) is 14.2 Å². The highest BCUT2D eigenvalue weighted by atomic mass is 28.3. The monoisotopic (exact) mass is 275 g/mol. The highest BCUT2D eigenvalue weighted by molar-refractivity contribution is 6.47. The maximum absolute atomic E-state index is 3.72. The second-order valence-corrected chi connectivity index (χ2v) is 11.6. The smallest absolute Gasteiger partial charge is 0.165 e. The molecule has 5 heteroatoms. The summed E-state index contributed by atoms with van der Waals surface area (Å²) in [6.45, 7) is 20.5. The van der Waals surface area contributed by atoms with Crippen molar-refractivity contribution in [2.75, 3.05) is 0 Å². The summed E-state index contributed by atoms with van der Waals surface area (Å²) in [5.74, 6) is 0. The Labute approximate surface area is 113 Å².